The Bertz CT molecular complexity index is 789. The van der Waals surface area contributed by atoms with Crippen LogP contribution in [0.25, 0.3) is 10.9 Å². The van der Waals surface area contributed by atoms with Gasteiger partial charge in [-0.15, -0.1) is 0 Å². The molecule has 0 amide bonds. The summed E-state index contributed by atoms with van der Waals surface area (Å²) in [6.45, 7) is 5.73. The second kappa shape index (κ2) is 6.14. The van der Waals surface area contributed by atoms with Crippen LogP contribution in [0.3, 0.4) is 0 Å². The van der Waals surface area contributed by atoms with Crippen LogP contribution < -0.4 is 9.47 Å². The van der Waals surface area contributed by atoms with Gasteiger partial charge in [0.05, 0.1) is 12.8 Å². The first-order valence-corrected chi connectivity index (χ1v) is 7.57. The quantitative estimate of drug-likeness (QED) is 0.689. The molecule has 0 aliphatic rings. The summed E-state index contributed by atoms with van der Waals surface area (Å²) in [6, 6.07) is 16.5. The van der Waals surface area contributed by atoms with Gasteiger partial charge in [0.1, 0.15) is 6.61 Å². The summed E-state index contributed by atoms with van der Waals surface area (Å²) in [5.74, 6) is 1.53. The second-order valence-corrected chi connectivity index (χ2v) is 5.38. The first kappa shape index (κ1) is 14.5. The average molecular weight is 295 g/mol. The Morgan fingerprint density at radius 3 is 2.50 bits per heavy atom. The molecule has 0 aliphatic carbocycles. The van der Waals surface area contributed by atoms with Crippen molar-refractivity contribution in [3.63, 3.8) is 0 Å². The number of hydrogen-bond donors (Lipinski definition) is 0. The fraction of sp³-hybridized carbons (Fsp3) is 0.263. The summed E-state index contributed by atoms with van der Waals surface area (Å²) >= 11 is 0. The number of ether oxygens (including phenoxy) is 2. The van der Waals surface area contributed by atoms with Crippen LogP contribution in [0.5, 0.6) is 11.5 Å². The molecule has 0 spiro atoms. The number of hydrogen-bond acceptors (Lipinski definition) is 2. The van der Waals surface area contributed by atoms with Gasteiger partial charge in [0, 0.05) is 17.4 Å². The summed E-state index contributed by atoms with van der Waals surface area (Å²) in [5, 5.41) is 1.26. The minimum Gasteiger partial charge on any atom is -0.493 e. The number of methoxy groups -OCH3 is 1. The van der Waals surface area contributed by atoms with Crippen LogP contribution in [0.2, 0.25) is 0 Å². The van der Waals surface area contributed by atoms with E-state index in [1.165, 1.54) is 22.2 Å². The molecular formula is C19H21NO2. The van der Waals surface area contributed by atoms with Gasteiger partial charge in [0.15, 0.2) is 11.5 Å². The monoisotopic (exact) mass is 295 g/mol. The van der Waals surface area contributed by atoms with E-state index < -0.39 is 0 Å². The van der Waals surface area contributed by atoms with Crippen molar-refractivity contribution in [1.82, 2.24) is 4.57 Å². The molecule has 3 aromatic rings. The first-order valence-electron chi connectivity index (χ1n) is 7.57. The average Bonchev–Trinajstić information content (AvgIpc) is 2.89. The highest BCUT2D eigenvalue weighted by atomic mass is 16.5. The van der Waals surface area contributed by atoms with Crippen molar-refractivity contribution in [2.45, 2.75) is 27.0 Å². The van der Waals surface area contributed by atoms with E-state index in [0.29, 0.717) is 6.61 Å². The minimum atomic E-state index is 0.530. The third kappa shape index (κ3) is 2.67. The van der Waals surface area contributed by atoms with Crippen LogP contribution >= 0.6 is 0 Å². The van der Waals surface area contributed by atoms with Crippen molar-refractivity contribution in [2.75, 3.05) is 7.11 Å². The molecule has 3 nitrogen and oxygen atoms in total. The van der Waals surface area contributed by atoms with Gasteiger partial charge in [0.25, 0.3) is 0 Å². The van der Waals surface area contributed by atoms with Crippen molar-refractivity contribution in [3.8, 4) is 11.5 Å². The zero-order valence-corrected chi connectivity index (χ0v) is 13.3. The molecule has 1 heterocycles. The molecule has 2 aromatic carbocycles. The van der Waals surface area contributed by atoms with Gasteiger partial charge >= 0.3 is 0 Å². The maximum absolute atomic E-state index is 5.97. The zero-order valence-electron chi connectivity index (χ0n) is 13.3. The van der Waals surface area contributed by atoms with Crippen LogP contribution in [-0.2, 0) is 13.2 Å². The van der Waals surface area contributed by atoms with Gasteiger partial charge < -0.3 is 14.0 Å². The number of aryl methyl sites for hydroxylation is 2. The van der Waals surface area contributed by atoms with Crippen molar-refractivity contribution in [1.29, 1.82) is 0 Å². The number of nitrogens with zero attached hydrogens (tertiary/aromatic N) is 1. The lowest BCUT2D eigenvalue weighted by molar-refractivity contribution is 0.277. The van der Waals surface area contributed by atoms with Crippen LogP contribution in [0.15, 0.2) is 48.5 Å². The van der Waals surface area contributed by atoms with Crippen molar-refractivity contribution in [2.24, 2.45) is 0 Å². The molecule has 0 saturated carbocycles. The van der Waals surface area contributed by atoms with Crippen LogP contribution in [0.4, 0.5) is 0 Å². The van der Waals surface area contributed by atoms with Crippen LogP contribution in [-0.4, -0.2) is 11.7 Å². The summed E-state index contributed by atoms with van der Waals surface area (Å²) < 4.78 is 13.6. The molecule has 1 aromatic heterocycles. The second-order valence-electron chi connectivity index (χ2n) is 5.38. The SMILES string of the molecule is CCn1c(COc2ccccc2OC)cc2cc(C)ccc21. The Labute approximate surface area is 131 Å². The van der Waals surface area contributed by atoms with Crippen molar-refractivity contribution in [3.05, 3.63) is 59.8 Å². The first-order chi connectivity index (χ1) is 10.7. The largest absolute Gasteiger partial charge is 0.493 e. The number of fused-ring (bicyclic) bond motifs is 1. The lowest BCUT2D eigenvalue weighted by Gasteiger charge is -2.12. The van der Waals surface area contributed by atoms with E-state index in [1.807, 2.05) is 24.3 Å². The van der Waals surface area contributed by atoms with Crippen molar-refractivity contribution >= 4 is 10.9 Å². The van der Waals surface area contributed by atoms with Gasteiger partial charge in [0.2, 0.25) is 0 Å². The summed E-state index contributed by atoms with van der Waals surface area (Å²) in [4.78, 5) is 0. The molecule has 0 fully saturated rings. The predicted molar refractivity (Wildman–Crippen MR) is 89.7 cm³/mol. The van der Waals surface area contributed by atoms with Gasteiger partial charge in [-0.05, 0) is 44.2 Å². The van der Waals surface area contributed by atoms with Crippen LogP contribution in [0, 0.1) is 6.92 Å². The molecule has 0 aliphatic heterocycles. The van der Waals surface area contributed by atoms with E-state index in [4.69, 9.17) is 9.47 Å². The lowest BCUT2D eigenvalue weighted by atomic mass is 10.2. The Kier molecular flexibility index (Phi) is 4.05. The zero-order chi connectivity index (χ0) is 15.5. The van der Waals surface area contributed by atoms with E-state index in [1.54, 1.807) is 7.11 Å². The van der Waals surface area contributed by atoms with E-state index >= 15 is 0 Å². The molecule has 114 valence electrons. The Balaban J connectivity index is 1.90. The minimum absolute atomic E-state index is 0.530. The standard InChI is InChI=1S/C19H21NO2/c1-4-20-16(12-15-11-14(2)9-10-17(15)20)13-22-19-8-6-5-7-18(19)21-3/h5-12H,4,13H2,1-3H3. The van der Waals surface area contributed by atoms with Gasteiger partial charge in [-0.1, -0.05) is 23.8 Å². The molecule has 0 atom stereocenters. The molecule has 0 unspecified atom stereocenters. The van der Waals surface area contributed by atoms with E-state index in [0.717, 1.165) is 18.0 Å². The molecule has 0 bridgehead atoms. The van der Waals surface area contributed by atoms with Gasteiger partial charge in [-0.2, -0.15) is 0 Å². The Morgan fingerprint density at radius 2 is 1.77 bits per heavy atom. The fourth-order valence-electron chi connectivity index (χ4n) is 2.83. The van der Waals surface area contributed by atoms with Gasteiger partial charge in [-0.25, -0.2) is 0 Å². The summed E-state index contributed by atoms with van der Waals surface area (Å²) in [7, 11) is 1.66. The maximum atomic E-state index is 5.97. The highest BCUT2D eigenvalue weighted by Gasteiger charge is 2.10. The molecule has 0 radical (unpaired) electrons. The smallest absolute Gasteiger partial charge is 0.161 e. The normalized spacial score (nSPS) is 10.9. The van der Waals surface area contributed by atoms with E-state index in [2.05, 4.69) is 42.7 Å². The predicted octanol–water partition coefficient (Wildman–Crippen LogP) is 4.56. The number of aromatic nitrogens is 1. The topological polar surface area (TPSA) is 23.4 Å². The molecule has 0 N–H and O–H groups in total. The molecule has 3 rings (SSSR count). The third-order valence-electron chi connectivity index (χ3n) is 3.90. The van der Waals surface area contributed by atoms with Crippen LogP contribution in [0.1, 0.15) is 18.2 Å². The maximum Gasteiger partial charge on any atom is 0.161 e. The third-order valence-corrected chi connectivity index (χ3v) is 3.90. The Morgan fingerprint density at radius 1 is 1.00 bits per heavy atom. The number of rotatable bonds is 5. The van der Waals surface area contributed by atoms with E-state index in [-0.39, 0.29) is 0 Å². The molecule has 22 heavy (non-hydrogen) atoms. The fourth-order valence-corrected chi connectivity index (χ4v) is 2.83. The highest BCUT2D eigenvalue weighted by molar-refractivity contribution is 5.82. The summed E-state index contributed by atoms with van der Waals surface area (Å²) in [6.07, 6.45) is 0. The van der Waals surface area contributed by atoms with E-state index in [9.17, 15) is 0 Å². The lowest BCUT2D eigenvalue weighted by Crippen LogP contribution is -2.05. The number of para-hydroxylation sites is 2. The van der Waals surface area contributed by atoms with Gasteiger partial charge in [-0.3, -0.25) is 0 Å². The summed E-state index contributed by atoms with van der Waals surface area (Å²) in [5.41, 5.74) is 3.71. The molecule has 3 heteroatoms. The van der Waals surface area contributed by atoms with Crippen molar-refractivity contribution < 1.29 is 9.47 Å². The number of benzene rings is 2. The Hall–Kier alpha value is -2.42. The molecule has 0 saturated heterocycles. The highest BCUT2D eigenvalue weighted by Crippen LogP contribution is 2.28. The molecular weight excluding hydrogens is 274 g/mol.